The van der Waals surface area contributed by atoms with Gasteiger partial charge in [-0.1, -0.05) is 24.3 Å². The topological polar surface area (TPSA) is 0 Å². The van der Waals surface area contributed by atoms with Gasteiger partial charge in [-0.25, -0.2) is 0 Å². The lowest BCUT2D eigenvalue weighted by Gasteiger charge is -2.45. The van der Waals surface area contributed by atoms with Gasteiger partial charge in [-0.15, -0.1) is 26.3 Å². The second kappa shape index (κ2) is 6.47. The Hall–Kier alpha value is -1.26. The van der Waals surface area contributed by atoms with Gasteiger partial charge in [-0.2, -0.15) is 0 Å². The molecule has 17 heavy (non-hydrogen) atoms. The average Bonchev–Trinajstić information content (AvgIpc) is 2.37. The molecule has 0 aliphatic rings. The molecule has 0 aliphatic carbocycles. The van der Waals surface area contributed by atoms with E-state index in [2.05, 4.69) is 26.3 Å². The van der Waals surface area contributed by atoms with Crippen LogP contribution >= 0.6 is 0 Å². The van der Waals surface area contributed by atoms with E-state index in [4.69, 9.17) is 0 Å². The Balaban J connectivity index is 5.84. The predicted octanol–water partition coefficient (Wildman–Crippen LogP) is 3.69. The number of allylic oxidation sites excluding steroid dienone is 4. The van der Waals surface area contributed by atoms with E-state index in [1.807, 2.05) is 0 Å². The molecule has 4 atom stereocenters. The number of halogens is 4. The van der Waals surface area contributed by atoms with Crippen molar-refractivity contribution in [2.45, 2.75) is 24.3 Å². The van der Waals surface area contributed by atoms with Crippen molar-refractivity contribution in [2.75, 3.05) is 0 Å². The van der Waals surface area contributed by atoms with Gasteiger partial charge >= 0.3 is 0 Å². The standard InChI is InChI=1S/C12H16BF4/c1-5-9(14)13(10(15)6-2,11(16)7-3)12(17)8-4/h5-12H,1-4H2/q-1. The van der Waals surface area contributed by atoms with E-state index in [0.717, 1.165) is 0 Å². The van der Waals surface area contributed by atoms with Gasteiger partial charge in [-0.3, -0.25) is 17.6 Å². The highest BCUT2D eigenvalue weighted by molar-refractivity contribution is 6.86. The molecule has 96 valence electrons. The zero-order valence-electron chi connectivity index (χ0n) is 9.54. The van der Waals surface area contributed by atoms with Crippen LogP contribution in [-0.2, 0) is 0 Å². The molecule has 0 rings (SSSR count). The first-order chi connectivity index (χ1) is 7.93. The van der Waals surface area contributed by atoms with Gasteiger partial charge in [0.05, 0.1) is 0 Å². The summed E-state index contributed by atoms with van der Waals surface area (Å²) in [4.78, 5) is 0. The number of rotatable bonds is 8. The van der Waals surface area contributed by atoms with Crippen LogP contribution in [0.25, 0.3) is 0 Å². The van der Waals surface area contributed by atoms with Gasteiger partial charge in [0.25, 0.3) is 0 Å². The van der Waals surface area contributed by atoms with Crippen molar-refractivity contribution in [1.82, 2.24) is 0 Å². The fourth-order valence-electron chi connectivity index (χ4n) is 2.00. The van der Waals surface area contributed by atoms with Crippen molar-refractivity contribution < 1.29 is 17.6 Å². The highest BCUT2D eigenvalue weighted by Crippen LogP contribution is 2.33. The Morgan fingerprint density at radius 1 is 0.588 bits per heavy atom. The average molecular weight is 247 g/mol. The van der Waals surface area contributed by atoms with Crippen LogP contribution in [0.4, 0.5) is 17.6 Å². The predicted molar refractivity (Wildman–Crippen MR) is 66.1 cm³/mol. The zero-order chi connectivity index (χ0) is 13.6. The van der Waals surface area contributed by atoms with Crippen LogP contribution in [0, 0.1) is 0 Å². The minimum absolute atomic E-state index is 0.683. The van der Waals surface area contributed by atoms with E-state index in [-0.39, 0.29) is 0 Å². The molecule has 5 heteroatoms. The molecule has 0 amide bonds. The van der Waals surface area contributed by atoms with Gasteiger partial charge in [-0.05, 0) is 0 Å². The number of hydrogen-bond acceptors (Lipinski definition) is 0. The zero-order valence-corrected chi connectivity index (χ0v) is 9.54. The van der Waals surface area contributed by atoms with Crippen LogP contribution in [0.5, 0.6) is 0 Å². The van der Waals surface area contributed by atoms with Gasteiger partial charge in [0, 0.05) is 24.3 Å². The maximum atomic E-state index is 13.8. The largest absolute Gasteiger partial charge is 0.285 e. The molecule has 0 nitrogen and oxygen atoms in total. The van der Waals surface area contributed by atoms with Gasteiger partial charge in [0.1, 0.15) is 0 Å². The van der Waals surface area contributed by atoms with Crippen molar-refractivity contribution in [1.29, 1.82) is 0 Å². The van der Waals surface area contributed by atoms with Crippen molar-refractivity contribution >= 4 is 6.15 Å². The van der Waals surface area contributed by atoms with Gasteiger partial charge in [0.15, 0.2) is 6.15 Å². The van der Waals surface area contributed by atoms with Crippen LogP contribution in [0.3, 0.4) is 0 Å². The number of hydrogen-bond donors (Lipinski definition) is 0. The molecule has 0 spiro atoms. The Morgan fingerprint density at radius 3 is 0.882 bits per heavy atom. The summed E-state index contributed by atoms with van der Waals surface area (Å²) in [6.45, 7) is 12.5. The molecule has 0 radical (unpaired) electrons. The summed E-state index contributed by atoms with van der Waals surface area (Å²) in [6, 6.07) is 0. The van der Waals surface area contributed by atoms with Gasteiger partial charge < -0.3 is 0 Å². The molecule has 0 aromatic rings. The lowest BCUT2D eigenvalue weighted by molar-refractivity contribution is 0.348. The van der Waals surface area contributed by atoms with Crippen molar-refractivity contribution in [3.05, 3.63) is 50.6 Å². The fourth-order valence-corrected chi connectivity index (χ4v) is 2.00. The molecule has 0 N–H and O–H groups in total. The molecule has 0 saturated heterocycles. The summed E-state index contributed by atoms with van der Waals surface area (Å²) in [6.07, 6.45) is -9.37. The summed E-state index contributed by atoms with van der Waals surface area (Å²) < 4.78 is 55.2. The molecular weight excluding hydrogens is 231 g/mol. The molecular formula is C12H16BF4-. The molecule has 0 heterocycles. The number of alkyl halides is 4. The Kier molecular flexibility index (Phi) is 6.00. The lowest BCUT2D eigenvalue weighted by atomic mass is 9.14. The van der Waals surface area contributed by atoms with E-state index < -0.39 is 30.4 Å². The molecule has 0 aliphatic heterocycles. The van der Waals surface area contributed by atoms with Crippen molar-refractivity contribution in [2.24, 2.45) is 0 Å². The Bertz CT molecular complexity index is 241. The Labute approximate surface area is 99.3 Å². The van der Waals surface area contributed by atoms with Crippen molar-refractivity contribution in [3.8, 4) is 0 Å². The summed E-state index contributed by atoms with van der Waals surface area (Å²) in [5, 5.41) is 0. The third-order valence-electron chi connectivity index (χ3n) is 3.11. The third kappa shape index (κ3) is 2.53. The first-order valence-corrected chi connectivity index (χ1v) is 5.17. The maximum absolute atomic E-state index is 13.8. The molecule has 0 fully saturated rings. The quantitative estimate of drug-likeness (QED) is 0.348. The third-order valence-corrected chi connectivity index (χ3v) is 3.11. The maximum Gasteiger partial charge on any atom is 0.166 e. The monoisotopic (exact) mass is 247 g/mol. The summed E-state index contributed by atoms with van der Waals surface area (Å²) in [5.74, 6) is 0. The van der Waals surface area contributed by atoms with Crippen molar-refractivity contribution in [3.63, 3.8) is 0 Å². The highest BCUT2D eigenvalue weighted by Gasteiger charge is 2.50. The second-order valence-electron chi connectivity index (χ2n) is 3.88. The lowest BCUT2D eigenvalue weighted by Crippen LogP contribution is -2.66. The first kappa shape index (κ1) is 15.7. The first-order valence-electron chi connectivity index (χ1n) is 5.17. The van der Waals surface area contributed by atoms with Crippen LogP contribution in [0.2, 0.25) is 0 Å². The van der Waals surface area contributed by atoms with Crippen LogP contribution in [0.15, 0.2) is 50.6 Å². The van der Waals surface area contributed by atoms with Gasteiger partial charge in [0.2, 0.25) is 0 Å². The minimum atomic E-state index is -3.39. The highest BCUT2D eigenvalue weighted by atomic mass is 19.2. The van der Waals surface area contributed by atoms with E-state index in [9.17, 15) is 17.6 Å². The van der Waals surface area contributed by atoms with E-state index >= 15 is 0 Å². The minimum Gasteiger partial charge on any atom is -0.285 e. The molecule has 4 unspecified atom stereocenters. The van der Waals surface area contributed by atoms with E-state index in [1.54, 1.807) is 0 Å². The smallest absolute Gasteiger partial charge is 0.166 e. The molecule has 0 aromatic heterocycles. The fraction of sp³-hybridized carbons (Fsp3) is 0.333. The van der Waals surface area contributed by atoms with E-state index in [1.165, 1.54) is 0 Å². The molecule has 0 saturated carbocycles. The SMILES string of the molecule is C=CC(F)[B-](C(F)C=C)(C(F)C=C)C(F)C=C. The van der Waals surface area contributed by atoms with Crippen LogP contribution < -0.4 is 0 Å². The molecule has 0 aromatic carbocycles. The molecule has 0 bridgehead atoms. The van der Waals surface area contributed by atoms with E-state index in [0.29, 0.717) is 24.3 Å². The normalized spacial score (nSPS) is 21.4. The second-order valence-corrected chi connectivity index (χ2v) is 3.88. The Morgan fingerprint density at radius 2 is 0.765 bits per heavy atom. The van der Waals surface area contributed by atoms with Crippen LogP contribution in [0.1, 0.15) is 0 Å². The summed E-state index contributed by atoms with van der Waals surface area (Å²) in [5.41, 5.74) is 0. The van der Waals surface area contributed by atoms with Crippen LogP contribution in [-0.4, -0.2) is 30.4 Å². The summed E-state index contributed by atoms with van der Waals surface area (Å²) in [7, 11) is 0. The summed E-state index contributed by atoms with van der Waals surface area (Å²) >= 11 is 0.